The fourth-order valence-corrected chi connectivity index (χ4v) is 12.2. The highest BCUT2D eigenvalue weighted by Crippen LogP contribution is 2.20. The van der Waals surface area contributed by atoms with Gasteiger partial charge in [-0.25, -0.2) is 0 Å². The van der Waals surface area contributed by atoms with Gasteiger partial charge in [0.15, 0.2) is 6.10 Å². The standard InChI is InChI=1S/C81H152O5/c1-3-5-7-9-11-13-15-17-19-21-23-25-27-29-31-33-35-36-37-38-39-40-41-42-43-44-46-48-50-52-54-56-58-60-62-64-66-68-70-72-74-76-81(84)86-79(77-82)78-85-80(83)75-73-71-69-67-65-63-61-59-57-55-53-51-49-47-45-34-32-30-28-26-24-22-20-18-16-14-12-10-8-6-4-2/h15,17,21-24,27,29,79,82H,3-14,16,18-20,25-26,28,30-78H2,1-2H3/b17-15-,23-21-,24-22-,29-27-. The van der Waals surface area contributed by atoms with Crippen LogP contribution in [0.4, 0.5) is 0 Å². The van der Waals surface area contributed by atoms with E-state index in [1.165, 1.54) is 366 Å². The maximum absolute atomic E-state index is 12.4. The molecule has 0 aliphatic carbocycles. The van der Waals surface area contributed by atoms with E-state index < -0.39 is 6.10 Å². The SMILES string of the molecule is CCCCCCC/C=C\C/C=C\C/C=C\CCCCCCCCCCCCCCCCCCCCCCCCCCCCC(=O)OC(CO)COC(=O)CCCCCCCCCCCCCCCCCCCCC/C=C\CCCCCCCCCC. The van der Waals surface area contributed by atoms with Crippen molar-refractivity contribution in [1.82, 2.24) is 0 Å². The lowest BCUT2D eigenvalue weighted by Gasteiger charge is -2.15. The molecule has 5 heteroatoms. The Morgan fingerprint density at radius 3 is 0.709 bits per heavy atom. The molecule has 0 aromatic carbocycles. The Balaban J connectivity index is 3.37. The molecule has 5 nitrogen and oxygen atoms in total. The van der Waals surface area contributed by atoms with Crippen LogP contribution in [0.2, 0.25) is 0 Å². The summed E-state index contributed by atoms with van der Waals surface area (Å²) in [5.74, 6) is -0.563. The van der Waals surface area contributed by atoms with Crippen LogP contribution < -0.4 is 0 Å². The first-order valence-corrected chi connectivity index (χ1v) is 39.2. The third-order valence-electron chi connectivity index (χ3n) is 18.1. The summed E-state index contributed by atoms with van der Waals surface area (Å²) in [4.78, 5) is 24.7. The zero-order valence-corrected chi connectivity index (χ0v) is 58.4. The predicted molar refractivity (Wildman–Crippen MR) is 381 cm³/mol. The van der Waals surface area contributed by atoms with Gasteiger partial charge in [0.1, 0.15) is 6.61 Å². The fourth-order valence-electron chi connectivity index (χ4n) is 12.2. The zero-order chi connectivity index (χ0) is 61.9. The zero-order valence-electron chi connectivity index (χ0n) is 58.4. The molecule has 0 aliphatic rings. The minimum absolute atomic E-state index is 0.0589. The number of carbonyl (C=O) groups is 2. The molecule has 0 bridgehead atoms. The summed E-state index contributed by atoms with van der Waals surface area (Å²) in [6.45, 7) is 4.19. The number of carbonyl (C=O) groups excluding carboxylic acids is 2. The summed E-state index contributed by atoms with van der Waals surface area (Å²) in [7, 11) is 0. The molecule has 0 heterocycles. The monoisotopic (exact) mass is 1210 g/mol. The smallest absolute Gasteiger partial charge is 0.306 e. The molecule has 0 fully saturated rings. The van der Waals surface area contributed by atoms with E-state index in [0.29, 0.717) is 12.8 Å². The van der Waals surface area contributed by atoms with E-state index in [2.05, 4.69) is 62.5 Å². The largest absolute Gasteiger partial charge is 0.462 e. The summed E-state index contributed by atoms with van der Waals surface area (Å²) in [6, 6.07) is 0. The van der Waals surface area contributed by atoms with Gasteiger partial charge in [0.05, 0.1) is 6.61 Å². The molecule has 0 aromatic heterocycles. The van der Waals surface area contributed by atoms with Crippen molar-refractivity contribution in [2.24, 2.45) is 0 Å². The number of allylic oxidation sites excluding steroid dienone is 8. The van der Waals surface area contributed by atoms with Crippen LogP contribution in [0.5, 0.6) is 0 Å². The lowest BCUT2D eigenvalue weighted by molar-refractivity contribution is -0.161. The van der Waals surface area contributed by atoms with E-state index in [0.717, 1.165) is 44.9 Å². The molecule has 86 heavy (non-hydrogen) atoms. The van der Waals surface area contributed by atoms with Gasteiger partial charge in [-0.1, -0.05) is 396 Å². The molecular weight excluding hydrogens is 1050 g/mol. The lowest BCUT2D eigenvalue weighted by Crippen LogP contribution is -2.28. The highest BCUT2D eigenvalue weighted by molar-refractivity contribution is 5.70. The van der Waals surface area contributed by atoms with Crippen molar-refractivity contribution in [2.75, 3.05) is 13.2 Å². The van der Waals surface area contributed by atoms with Crippen molar-refractivity contribution in [1.29, 1.82) is 0 Å². The van der Waals surface area contributed by atoms with Gasteiger partial charge >= 0.3 is 11.9 Å². The number of unbranched alkanes of at least 4 members (excludes halogenated alkanes) is 58. The second kappa shape index (κ2) is 77.1. The van der Waals surface area contributed by atoms with Crippen LogP contribution in [0.15, 0.2) is 48.6 Å². The molecule has 0 amide bonds. The van der Waals surface area contributed by atoms with Crippen LogP contribution in [0.25, 0.3) is 0 Å². The highest BCUT2D eigenvalue weighted by Gasteiger charge is 2.16. The average molecular weight is 1210 g/mol. The number of esters is 2. The summed E-state index contributed by atoms with van der Waals surface area (Å²) in [5.41, 5.74) is 0. The minimum atomic E-state index is -0.770. The van der Waals surface area contributed by atoms with Gasteiger partial charge in [-0.05, 0) is 77.0 Å². The third-order valence-corrected chi connectivity index (χ3v) is 18.1. The molecule has 1 N–H and O–H groups in total. The van der Waals surface area contributed by atoms with Crippen molar-refractivity contribution in [3.8, 4) is 0 Å². The molecule has 0 rings (SSSR count). The third kappa shape index (κ3) is 74.3. The molecule has 0 aliphatic heterocycles. The Kier molecular flexibility index (Phi) is 75.2. The molecule has 0 spiro atoms. The van der Waals surface area contributed by atoms with Crippen molar-refractivity contribution < 1.29 is 24.2 Å². The van der Waals surface area contributed by atoms with Crippen LogP contribution >= 0.6 is 0 Å². The molecule has 0 saturated carbocycles. The fraction of sp³-hybridized carbons (Fsp3) is 0.877. The van der Waals surface area contributed by atoms with E-state index >= 15 is 0 Å². The molecule has 0 radical (unpaired) electrons. The predicted octanol–water partition coefficient (Wildman–Crippen LogP) is 27.4. The van der Waals surface area contributed by atoms with Gasteiger partial charge in [0.25, 0.3) is 0 Å². The topological polar surface area (TPSA) is 72.8 Å². The molecule has 506 valence electrons. The number of hydrogen-bond acceptors (Lipinski definition) is 5. The minimum Gasteiger partial charge on any atom is -0.462 e. The number of ether oxygens (including phenoxy) is 2. The quantitative estimate of drug-likeness (QED) is 0.0373. The van der Waals surface area contributed by atoms with Crippen molar-refractivity contribution in [3.05, 3.63) is 48.6 Å². The van der Waals surface area contributed by atoms with Crippen LogP contribution in [0, 0.1) is 0 Å². The lowest BCUT2D eigenvalue weighted by atomic mass is 10.0. The van der Waals surface area contributed by atoms with Crippen molar-refractivity contribution in [2.45, 2.75) is 444 Å². The van der Waals surface area contributed by atoms with Gasteiger partial charge in [-0.3, -0.25) is 9.59 Å². The number of aliphatic hydroxyl groups excluding tert-OH is 1. The molecular formula is C81H152O5. The highest BCUT2D eigenvalue weighted by atomic mass is 16.6. The van der Waals surface area contributed by atoms with E-state index in [1.54, 1.807) is 0 Å². The molecule has 0 aromatic rings. The molecule has 0 saturated heterocycles. The van der Waals surface area contributed by atoms with Crippen LogP contribution in [-0.4, -0.2) is 36.4 Å². The molecule has 1 unspecified atom stereocenters. The Morgan fingerprint density at radius 2 is 0.465 bits per heavy atom. The maximum Gasteiger partial charge on any atom is 0.306 e. The summed E-state index contributed by atoms with van der Waals surface area (Å²) in [6.07, 6.45) is 105. The van der Waals surface area contributed by atoms with Crippen LogP contribution in [0.1, 0.15) is 438 Å². The first kappa shape index (κ1) is 83.9. The normalized spacial score (nSPS) is 12.4. The number of aliphatic hydroxyl groups is 1. The van der Waals surface area contributed by atoms with E-state index in [9.17, 15) is 14.7 Å². The second-order valence-corrected chi connectivity index (χ2v) is 26.8. The first-order valence-electron chi connectivity index (χ1n) is 39.2. The average Bonchev–Trinajstić information content (AvgIpc) is 3.54. The van der Waals surface area contributed by atoms with Crippen molar-refractivity contribution in [3.63, 3.8) is 0 Å². The van der Waals surface area contributed by atoms with Gasteiger partial charge in [-0.2, -0.15) is 0 Å². The van der Waals surface area contributed by atoms with Crippen LogP contribution in [0.3, 0.4) is 0 Å². The first-order chi connectivity index (χ1) is 42.6. The summed E-state index contributed by atoms with van der Waals surface area (Å²) >= 11 is 0. The van der Waals surface area contributed by atoms with E-state index in [4.69, 9.17) is 9.47 Å². The van der Waals surface area contributed by atoms with Gasteiger partial charge in [-0.15, -0.1) is 0 Å². The molecule has 1 atom stereocenters. The summed E-state index contributed by atoms with van der Waals surface area (Å²) in [5, 5.41) is 9.72. The van der Waals surface area contributed by atoms with Crippen molar-refractivity contribution >= 4 is 11.9 Å². The van der Waals surface area contributed by atoms with Gasteiger partial charge in [0, 0.05) is 12.8 Å². The number of rotatable bonds is 74. The second-order valence-electron chi connectivity index (χ2n) is 26.8. The Hall–Kier alpha value is -2.14. The van der Waals surface area contributed by atoms with E-state index in [1.807, 2.05) is 0 Å². The number of hydrogen-bond donors (Lipinski definition) is 1. The Labute approximate surface area is 539 Å². The summed E-state index contributed by atoms with van der Waals surface area (Å²) < 4.78 is 10.8. The van der Waals surface area contributed by atoms with Crippen LogP contribution in [-0.2, 0) is 19.1 Å². The van der Waals surface area contributed by atoms with Gasteiger partial charge < -0.3 is 14.6 Å². The Bertz CT molecular complexity index is 1410. The maximum atomic E-state index is 12.4. The van der Waals surface area contributed by atoms with E-state index in [-0.39, 0.29) is 25.2 Å². The van der Waals surface area contributed by atoms with Gasteiger partial charge in [0.2, 0.25) is 0 Å². The Morgan fingerprint density at radius 1 is 0.267 bits per heavy atom.